The van der Waals surface area contributed by atoms with Crippen molar-refractivity contribution >= 4 is 10.9 Å². The molecule has 0 saturated heterocycles. The van der Waals surface area contributed by atoms with Crippen LogP contribution in [0, 0.1) is 0 Å². The van der Waals surface area contributed by atoms with E-state index in [2.05, 4.69) is 35.1 Å². The summed E-state index contributed by atoms with van der Waals surface area (Å²) in [6.45, 7) is 5.38. The highest BCUT2D eigenvalue weighted by Crippen LogP contribution is 2.25. The smallest absolute Gasteiger partial charge is 0.128 e. The molecule has 3 heteroatoms. The van der Waals surface area contributed by atoms with Crippen molar-refractivity contribution in [2.45, 2.75) is 32.7 Å². The highest BCUT2D eigenvalue weighted by Gasteiger charge is 2.04. The Kier molecular flexibility index (Phi) is 5.28. The lowest BCUT2D eigenvalue weighted by Crippen LogP contribution is -2.20. The van der Waals surface area contributed by atoms with Crippen LogP contribution in [0.25, 0.3) is 10.9 Å². The molecule has 0 saturated carbocycles. The van der Waals surface area contributed by atoms with E-state index in [1.165, 1.54) is 30.2 Å². The summed E-state index contributed by atoms with van der Waals surface area (Å²) in [7, 11) is 1.72. The van der Waals surface area contributed by atoms with Gasteiger partial charge in [-0.25, -0.2) is 0 Å². The van der Waals surface area contributed by atoms with Gasteiger partial charge in [-0.3, -0.25) is 0 Å². The normalized spacial score (nSPS) is 11.1. The quantitative estimate of drug-likeness (QED) is 0.736. The lowest BCUT2D eigenvalue weighted by atomic mass is 10.2. The molecule has 1 heterocycles. The summed E-state index contributed by atoms with van der Waals surface area (Å²) >= 11 is 0. The van der Waals surface area contributed by atoms with Crippen LogP contribution in [0.4, 0.5) is 0 Å². The summed E-state index contributed by atoms with van der Waals surface area (Å²) in [5, 5.41) is 4.69. The predicted octanol–water partition coefficient (Wildman–Crippen LogP) is 3.43. The number of ether oxygens (including phenoxy) is 1. The van der Waals surface area contributed by atoms with Crippen molar-refractivity contribution < 1.29 is 4.74 Å². The fourth-order valence-electron chi connectivity index (χ4n) is 2.39. The highest BCUT2D eigenvalue weighted by atomic mass is 16.5. The molecule has 1 aromatic heterocycles. The van der Waals surface area contributed by atoms with Crippen LogP contribution in [0.1, 0.15) is 26.2 Å². The second-order valence-electron chi connectivity index (χ2n) is 4.86. The van der Waals surface area contributed by atoms with Crippen molar-refractivity contribution in [3.8, 4) is 5.75 Å². The third kappa shape index (κ3) is 3.51. The van der Waals surface area contributed by atoms with E-state index < -0.39 is 0 Å². The molecule has 0 bridgehead atoms. The van der Waals surface area contributed by atoms with Gasteiger partial charge >= 0.3 is 0 Å². The molecular formula is C16H24N2O. The molecule has 0 atom stereocenters. The number of benzene rings is 1. The minimum absolute atomic E-state index is 0.951. The van der Waals surface area contributed by atoms with Gasteiger partial charge in [0, 0.05) is 24.7 Å². The predicted molar refractivity (Wildman–Crippen MR) is 80.9 cm³/mol. The number of nitrogens with one attached hydrogen (secondary N) is 1. The lowest BCUT2D eigenvalue weighted by molar-refractivity contribution is 0.420. The summed E-state index contributed by atoms with van der Waals surface area (Å²) in [6.07, 6.45) is 6.01. The van der Waals surface area contributed by atoms with Gasteiger partial charge in [0.25, 0.3) is 0 Å². The van der Waals surface area contributed by atoms with Gasteiger partial charge in [-0.2, -0.15) is 0 Å². The van der Waals surface area contributed by atoms with Crippen molar-refractivity contribution in [1.82, 2.24) is 9.88 Å². The monoisotopic (exact) mass is 260 g/mol. The molecule has 0 spiro atoms. The third-order valence-corrected chi connectivity index (χ3v) is 3.48. The Morgan fingerprint density at radius 3 is 2.84 bits per heavy atom. The van der Waals surface area contributed by atoms with E-state index in [9.17, 15) is 0 Å². The van der Waals surface area contributed by atoms with Crippen LogP contribution in [-0.4, -0.2) is 24.8 Å². The molecule has 0 aliphatic carbocycles. The molecule has 0 unspecified atom stereocenters. The summed E-state index contributed by atoms with van der Waals surface area (Å²) in [6, 6.07) is 8.34. The van der Waals surface area contributed by atoms with E-state index >= 15 is 0 Å². The number of hydrogen-bond donors (Lipinski definition) is 1. The van der Waals surface area contributed by atoms with Crippen LogP contribution in [0.15, 0.2) is 30.5 Å². The zero-order valence-corrected chi connectivity index (χ0v) is 12.0. The van der Waals surface area contributed by atoms with E-state index in [0.717, 1.165) is 25.4 Å². The standard InChI is InChI=1S/C16H24N2O/c1-3-4-5-10-17-11-13-18-12-9-14-15(18)7-6-8-16(14)19-2/h6-9,12,17H,3-5,10-11,13H2,1-2H3. The molecule has 0 radical (unpaired) electrons. The number of rotatable bonds is 8. The van der Waals surface area contributed by atoms with Gasteiger partial charge < -0.3 is 14.6 Å². The fraction of sp³-hybridized carbons (Fsp3) is 0.500. The third-order valence-electron chi connectivity index (χ3n) is 3.48. The van der Waals surface area contributed by atoms with E-state index in [-0.39, 0.29) is 0 Å². The van der Waals surface area contributed by atoms with Crippen LogP contribution in [-0.2, 0) is 6.54 Å². The van der Waals surface area contributed by atoms with Gasteiger partial charge in [0.2, 0.25) is 0 Å². The number of fused-ring (bicyclic) bond motifs is 1. The lowest BCUT2D eigenvalue weighted by Gasteiger charge is -2.08. The Bertz CT molecular complexity index is 504. The fourth-order valence-corrected chi connectivity index (χ4v) is 2.39. The van der Waals surface area contributed by atoms with E-state index in [0.29, 0.717) is 0 Å². The highest BCUT2D eigenvalue weighted by molar-refractivity contribution is 5.86. The van der Waals surface area contributed by atoms with Gasteiger partial charge in [0.15, 0.2) is 0 Å². The SMILES string of the molecule is CCCCCNCCn1ccc2c(OC)cccc21. The summed E-state index contributed by atoms with van der Waals surface area (Å²) in [5.41, 5.74) is 1.25. The Balaban J connectivity index is 1.91. The molecule has 1 N–H and O–H groups in total. The first-order valence-corrected chi connectivity index (χ1v) is 7.19. The van der Waals surface area contributed by atoms with E-state index in [4.69, 9.17) is 4.74 Å². The molecule has 0 amide bonds. The summed E-state index contributed by atoms with van der Waals surface area (Å²) in [4.78, 5) is 0. The number of unbranched alkanes of at least 4 members (excludes halogenated alkanes) is 2. The first-order valence-electron chi connectivity index (χ1n) is 7.19. The van der Waals surface area contributed by atoms with Crippen LogP contribution in [0.3, 0.4) is 0 Å². The van der Waals surface area contributed by atoms with Gasteiger partial charge in [-0.1, -0.05) is 25.8 Å². The molecule has 1 aromatic carbocycles. The maximum Gasteiger partial charge on any atom is 0.128 e. The largest absolute Gasteiger partial charge is 0.496 e. The van der Waals surface area contributed by atoms with Crippen LogP contribution in [0.2, 0.25) is 0 Å². The van der Waals surface area contributed by atoms with Crippen molar-refractivity contribution in [2.75, 3.05) is 20.2 Å². The van der Waals surface area contributed by atoms with Crippen molar-refractivity contribution in [3.05, 3.63) is 30.5 Å². The molecule has 19 heavy (non-hydrogen) atoms. The van der Waals surface area contributed by atoms with Crippen LogP contribution in [0.5, 0.6) is 5.75 Å². The molecule has 0 aliphatic rings. The Hall–Kier alpha value is -1.48. The Morgan fingerprint density at radius 1 is 1.16 bits per heavy atom. The second-order valence-corrected chi connectivity index (χ2v) is 4.86. The minimum atomic E-state index is 0.951. The Morgan fingerprint density at radius 2 is 2.05 bits per heavy atom. The summed E-state index contributed by atoms with van der Waals surface area (Å²) < 4.78 is 7.66. The zero-order valence-electron chi connectivity index (χ0n) is 12.0. The Labute approximate surface area is 115 Å². The topological polar surface area (TPSA) is 26.2 Å². The van der Waals surface area contributed by atoms with Gasteiger partial charge in [0.1, 0.15) is 5.75 Å². The molecular weight excluding hydrogens is 236 g/mol. The van der Waals surface area contributed by atoms with Crippen molar-refractivity contribution in [1.29, 1.82) is 0 Å². The maximum absolute atomic E-state index is 5.38. The number of hydrogen-bond acceptors (Lipinski definition) is 2. The number of aromatic nitrogens is 1. The maximum atomic E-state index is 5.38. The van der Waals surface area contributed by atoms with Gasteiger partial charge in [-0.05, 0) is 31.2 Å². The zero-order chi connectivity index (χ0) is 13.5. The first kappa shape index (κ1) is 13.9. The van der Waals surface area contributed by atoms with E-state index in [1.54, 1.807) is 7.11 Å². The molecule has 2 rings (SSSR count). The average Bonchev–Trinajstić information content (AvgIpc) is 2.86. The van der Waals surface area contributed by atoms with Gasteiger partial charge in [0.05, 0.1) is 12.6 Å². The molecule has 104 valence electrons. The molecule has 0 aliphatic heterocycles. The van der Waals surface area contributed by atoms with Crippen molar-refractivity contribution in [2.24, 2.45) is 0 Å². The minimum Gasteiger partial charge on any atom is -0.496 e. The van der Waals surface area contributed by atoms with Crippen LogP contribution >= 0.6 is 0 Å². The number of methoxy groups -OCH3 is 1. The number of nitrogens with zero attached hydrogens (tertiary/aromatic N) is 1. The second kappa shape index (κ2) is 7.19. The molecule has 0 fully saturated rings. The van der Waals surface area contributed by atoms with Crippen LogP contribution < -0.4 is 10.1 Å². The summed E-state index contributed by atoms with van der Waals surface area (Å²) in [5.74, 6) is 0.951. The molecule has 2 aromatic rings. The van der Waals surface area contributed by atoms with E-state index in [1.807, 2.05) is 12.1 Å². The first-order chi connectivity index (χ1) is 9.36. The molecule has 3 nitrogen and oxygen atoms in total. The van der Waals surface area contributed by atoms with Crippen molar-refractivity contribution in [3.63, 3.8) is 0 Å². The average molecular weight is 260 g/mol. The van der Waals surface area contributed by atoms with Gasteiger partial charge in [-0.15, -0.1) is 0 Å².